The van der Waals surface area contributed by atoms with E-state index in [4.69, 9.17) is 35.5 Å². The second kappa shape index (κ2) is 12.1. The van der Waals surface area contributed by atoms with Crippen molar-refractivity contribution in [1.29, 1.82) is 0 Å². The molecule has 4 aliphatic heterocycles. The van der Waals surface area contributed by atoms with Gasteiger partial charge in [0.25, 0.3) is 0 Å². The number of ether oxygens (including phenoxy) is 4. The number of benzene rings is 1. The fourth-order valence-corrected chi connectivity index (χ4v) is 10.5. The molecule has 6 atom stereocenters. The molecule has 0 saturated carbocycles. The highest BCUT2D eigenvalue weighted by Crippen LogP contribution is 2.37. The number of halogens is 1. The summed E-state index contributed by atoms with van der Waals surface area (Å²) in [7, 11) is -1.60. The zero-order valence-corrected chi connectivity index (χ0v) is 28.9. The van der Waals surface area contributed by atoms with Gasteiger partial charge < -0.3 is 29.0 Å². The van der Waals surface area contributed by atoms with Gasteiger partial charge in [-0.25, -0.2) is 13.6 Å². The predicted molar refractivity (Wildman–Crippen MR) is 176 cm³/mol. The molecule has 6 heterocycles. The van der Waals surface area contributed by atoms with Crippen molar-refractivity contribution in [2.75, 3.05) is 56.4 Å². The van der Waals surface area contributed by atoms with E-state index >= 15 is 0 Å². The van der Waals surface area contributed by atoms with Gasteiger partial charge in [0.2, 0.25) is 0 Å². The zero-order valence-electron chi connectivity index (χ0n) is 26.3. The van der Waals surface area contributed by atoms with E-state index in [0.717, 1.165) is 35.9 Å². The first-order valence-electron chi connectivity index (χ1n) is 15.7. The highest BCUT2D eigenvalue weighted by molar-refractivity contribution is 7.93. The normalized spacial score (nSPS) is 31.1. The summed E-state index contributed by atoms with van der Waals surface area (Å²) >= 11 is 6.83. The van der Waals surface area contributed by atoms with Crippen molar-refractivity contribution in [2.24, 2.45) is 16.2 Å². The molecule has 3 aromatic rings. The van der Waals surface area contributed by atoms with Crippen LogP contribution in [0.1, 0.15) is 0 Å². The third-order valence-electron chi connectivity index (χ3n) is 9.52. The molecule has 2 unspecified atom stereocenters. The number of aliphatic hydroxyl groups is 1. The van der Waals surface area contributed by atoms with Gasteiger partial charge in [-0.3, -0.25) is 0 Å². The van der Waals surface area contributed by atoms with Crippen molar-refractivity contribution in [1.82, 2.24) is 9.97 Å². The number of imidazole rings is 1. The highest BCUT2D eigenvalue weighted by Gasteiger charge is 2.49. The zero-order chi connectivity index (χ0) is 31.5. The average Bonchev–Trinajstić information content (AvgIpc) is 3.79. The standard InChI is InChI=1S/C31H42ClN5O6SSi/c1-33-44(39)16-20-12-36(13-21(20)17-44)22-7-5-19(6-8-22)27-23(32)11-24-30(35-27)37(18-40-9-10-45(2,3)4)31(34-24)43-26-15-42-28-25(38)14-41-29(26)28/h5-8,11,20-21,25-26,28-29,38H,9-10,12-18H2,1-4H3/p+1/t20?,21?,25-,26-,28-,29-,44?/m1/s1. The lowest BCUT2D eigenvalue weighted by Crippen LogP contribution is -2.42. The molecule has 45 heavy (non-hydrogen) atoms. The number of hydrogen-bond donors (Lipinski definition) is 2. The van der Waals surface area contributed by atoms with Gasteiger partial charge in [-0.2, -0.15) is 4.57 Å². The molecule has 0 amide bonds. The van der Waals surface area contributed by atoms with Gasteiger partial charge in [0, 0.05) is 73.4 Å². The maximum absolute atomic E-state index is 12.8. The monoisotopic (exact) mass is 676 g/mol. The Balaban J connectivity index is 1.14. The maximum Gasteiger partial charge on any atom is 0.400 e. The molecule has 4 aliphatic rings. The van der Waals surface area contributed by atoms with Gasteiger partial charge >= 0.3 is 11.7 Å². The van der Waals surface area contributed by atoms with Crippen molar-refractivity contribution in [3.8, 4) is 17.3 Å². The first kappa shape index (κ1) is 31.3. The van der Waals surface area contributed by atoms with Gasteiger partial charge in [0.05, 0.1) is 18.2 Å². The first-order chi connectivity index (χ1) is 21.5. The lowest BCUT2D eigenvalue weighted by molar-refractivity contribution is -0.715. The van der Waals surface area contributed by atoms with Gasteiger partial charge in [-0.05, 0) is 42.1 Å². The third-order valence-corrected chi connectivity index (χ3v) is 14.1. The SMILES string of the molecule is CN=S1(=O)CC2CN(c3ccc(-c4nc5c(cc4Cl)[nH]c(O[C@@H]4CO[C@H]6[C@@H]4OC[C@H]6O)[n+]5COCC[Si](C)(C)C)cc3)CC2C1. The first-order valence-corrected chi connectivity index (χ1v) is 21.7. The Hall–Kier alpha value is -2.26. The smallest absolute Gasteiger partial charge is 0.400 e. The highest BCUT2D eigenvalue weighted by atomic mass is 35.5. The molecular weight excluding hydrogens is 634 g/mol. The minimum atomic E-state index is -2.02. The molecule has 11 nitrogen and oxygen atoms in total. The van der Waals surface area contributed by atoms with E-state index in [2.05, 4.69) is 58.2 Å². The molecular formula is C31H43ClN5O6SSi+. The van der Waals surface area contributed by atoms with E-state index in [9.17, 15) is 9.32 Å². The summed E-state index contributed by atoms with van der Waals surface area (Å²) in [4.78, 5) is 10.8. The van der Waals surface area contributed by atoms with E-state index in [1.54, 1.807) is 7.05 Å². The van der Waals surface area contributed by atoms with Crippen LogP contribution in [-0.4, -0.2) is 103 Å². The number of aliphatic hydroxyl groups excluding tert-OH is 1. The molecule has 2 N–H and O–H groups in total. The molecule has 4 saturated heterocycles. The van der Waals surface area contributed by atoms with Crippen LogP contribution in [0.3, 0.4) is 0 Å². The van der Waals surface area contributed by atoms with E-state index < -0.39 is 30.0 Å². The maximum atomic E-state index is 12.8. The number of fused-ring (bicyclic) bond motifs is 3. The quantitative estimate of drug-likeness (QED) is 0.201. The predicted octanol–water partition coefficient (Wildman–Crippen LogP) is 3.55. The Morgan fingerprint density at radius 3 is 2.56 bits per heavy atom. The number of anilines is 1. The Bertz CT molecular complexity index is 1670. The summed E-state index contributed by atoms with van der Waals surface area (Å²) < 4.78 is 43.1. The molecule has 1 aromatic carbocycles. The lowest BCUT2D eigenvalue weighted by atomic mass is 10.0. The van der Waals surface area contributed by atoms with Crippen LogP contribution in [0.2, 0.25) is 30.7 Å². The number of aromatic nitrogens is 3. The summed E-state index contributed by atoms with van der Waals surface area (Å²) in [5.41, 5.74) is 4.12. The Kier molecular flexibility index (Phi) is 8.41. The number of rotatable bonds is 9. The van der Waals surface area contributed by atoms with Crippen LogP contribution in [0.4, 0.5) is 5.69 Å². The number of nitrogens with one attached hydrogen (secondary N) is 1. The molecule has 7 rings (SSSR count). The summed E-state index contributed by atoms with van der Waals surface area (Å²) in [6.45, 7) is 10.2. The Labute approximate surface area is 270 Å². The van der Waals surface area contributed by atoms with Crippen LogP contribution in [-0.2, 0) is 30.7 Å². The molecule has 4 fully saturated rings. The molecule has 0 aliphatic carbocycles. The Morgan fingerprint density at radius 2 is 1.87 bits per heavy atom. The van der Waals surface area contributed by atoms with E-state index in [1.807, 2.05) is 10.6 Å². The van der Waals surface area contributed by atoms with E-state index in [0.29, 0.717) is 58.9 Å². The van der Waals surface area contributed by atoms with Gasteiger partial charge in [0.1, 0.15) is 18.3 Å². The summed E-state index contributed by atoms with van der Waals surface area (Å²) in [5, 5.41) is 10.7. The van der Waals surface area contributed by atoms with Gasteiger partial charge in [0.15, 0.2) is 24.0 Å². The summed E-state index contributed by atoms with van der Waals surface area (Å²) in [5.74, 6) is 2.27. The van der Waals surface area contributed by atoms with Crippen LogP contribution in [0.15, 0.2) is 34.7 Å². The minimum Gasteiger partial charge on any atom is -0.434 e. The van der Waals surface area contributed by atoms with Crippen LogP contribution < -0.4 is 14.2 Å². The van der Waals surface area contributed by atoms with Crippen molar-refractivity contribution < 1.29 is 32.8 Å². The Morgan fingerprint density at radius 1 is 1.16 bits per heavy atom. The van der Waals surface area contributed by atoms with Crippen LogP contribution in [0, 0.1) is 11.8 Å². The molecule has 0 radical (unpaired) electrons. The van der Waals surface area contributed by atoms with E-state index in [1.165, 1.54) is 0 Å². The number of aromatic amines is 1. The molecule has 2 aromatic heterocycles. The number of pyridine rings is 1. The second-order valence-electron chi connectivity index (χ2n) is 14.0. The van der Waals surface area contributed by atoms with Gasteiger partial charge in [-0.15, -0.1) is 0 Å². The third kappa shape index (κ3) is 6.24. The molecule has 244 valence electrons. The number of nitrogens with zero attached hydrogens (tertiary/aromatic N) is 4. The molecule has 14 heteroatoms. The van der Waals surface area contributed by atoms with Crippen LogP contribution in [0.5, 0.6) is 6.01 Å². The molecule has 0 bridgehead atoms. The fraction of sp³-hybridized carbons (Fsp3) is 0.613. The molecule has 0 spiro atoms. The van der Waals surface area contributed by atoms with Crippen molar-refractivity contribution in [3.05, 3.63) is 35.4 Å². The van der Waals surface area contributed by atoms with Crippen LogP contribution >= 0.6 is 11.6 Å². The van der Waals surface area contributed by atoms with Crippen molar-refractivity contribution in [3.63, 3.8) is 0 Å². The summed E-state index contributed by atoms with van der Waals surface area (Å²) in [6.07, 6.45) is -1.78. The number of H-pyrrole nitrogens is 1. The van der Waals surface area contributed by atoms with Crippen molar-refractivity contribution in [2.45, 2.75) is 56.8 Å². The number of hydrogen-bond acceptors (Lipinski definition) is 9. The van der Waals surface area contributed by atoms with Crippen molar-refractivity contribution >= 4 is 46.3 Å². The minimum absolute atomic E-state index is 0.233. The summed E-state index contributed by atoms with van der Waals surface area (Å²) in [6, 6.07) is 11.8. The van der Waals surface area contributed by atoms with E-state index in [-0.39, 0.29) is 25.5 Å². The topological polar surface area (TPSA) is 122 Å². The average molecular weight is 677 g/mol. The largest absolute Gasteiger partial charge is 0.434 e. The second-order valence-corrected chi connectivity index (χ2v) is 22.6. The fourth-order valence-electron chi connectivity index (χ4n) is 6.94. The van der Waals surface area contributed by atoms with Crippen LogP contribution in [0.25, 0.3) is 22.4 Å². The van der Waals surface area contributed by atoms with Gasteiger partial charge in [-0.1, -0.05) is 36.2 Å². The lowest BCUT2D eigenvalue weighted by Gasteiger charge is -2.20.